The molecule has 33 heavy (non-hydrogen) atoms. The smallest absolute Gasteiger partial charge is 0.309 e. The van der Waals surface area contributed by atoms with Crippen LogP contribution in [0.25, 0.3) is 0 Å². The van der Waals surface area contributed by atoms with Gasteiger partial charge in [-0.3, -0.25) is 9.59 Å². The van der Waals surface area contributed by atoms with Gasteiger partial charge in [-0.25, -0.2) is 12.8 Å². The Kier molecular flexibility index (Phi) is 9.02. The first-order chi connectivity index (χ1) is 15.8. The number of aryl methyl sites for hydroxylation is 1. The first-order valence-electron chi connectivity index (χ1n) is 11.8. The molecule has 0 radical (unpaired) electrons. The maximum atomic E-state index is 13.6. The number of nitrogens with one attached hydrogen (secondary N) is 2. The zero-order chi connectivity index (χ0) is 23.8. The van der Waals surface area contributed by atoms with Crippen molar-refractivity contribution in [3.8, 4) is 0 Å². The van der Waals surface area contributed by atoms with E-state index in [0.29, 0.717) is 25.9 Å². The van der Waals surface area contributed by atoms with Gasteiger partial charge >= 0.3 is 11.8 Å². The minimum Gasteiger partial charge on any atom is -0.348 e. The Morgan fingerprint density at radius 1 is 1.09 bits per heavy atom. The number of allylic oxidation sites excluding steroid dienone is 1. The Hall–Kier alpha value is -2.26. The van der Waals surface area contributed by atoms with Crippen LogP contribution in [-0.2, 0) is 19.6 Å². The van der Waals surface area contributed by atoms with E-state index in [1.165, 1.54) is 47.8 Å². The normalized spacial score (nSPS) is 19.6. The van der Waals surface area contributed by atoms with Gasteiger partial charge in [0.15, 0.2) is 0 Å². The SMILES string of the molecule is Cc1cc(S(=O)(=O)N2CCCCC2CCNC(=O)C(=O)NCCC2=CCCCC2)ccc1F. The molecule has 0 saturated carbocycles. The number of hydrogen-bond donors (Lipinski definition) is 2. The van der Waals surface area contributed by atoms with Crippen LogP contribution in [0, 0.1) is 12.7 Å². The fourth-order valence-corrected chi connectivity index (χ4v) is 6.28. The van der Waals surface area contributed by atoms with Crippen LogP contribution in [-0.4, -0.2) is 50.2 Å². The molecule has 7 nitrogen and oxygen atoms in total. The lowest BCUT2D eigenvalue weighted by atomic mass is 9.97. The molecule has 0 bridgehead atoms. The summed E-state index contributed by atoms with van der Waals surface area (Å²) in [4.78, 5) is 24.3. The van der Waals surface area contributed by atoms with E-state index in [4.69, 9.17) is 0 Å². The Balaban J connectivity index is 1.49. The second-order valence-corrected chi connectivity index (χ2v) is 10.7. The van der Waals surface area contributed by atoms with Crippen molar-refractivity contribution in [2.24, 2.45) is 0 Å². The molecular formula is C24H34FN3O4S. The summed E-state index contributed by atoms with van der Waals surface area (Å²) in [5, 5.41) is 5.26. The topological polar surface area (TPSA) is 95.6 Å². The minimum absolute atomic E-state index is 0.0739. The maximum Gasteiger partial charge on any atom is 0.309 e. The molecule has 1 unspecified atom stereocenters. The van der Waals surface area contributed by atoms with Gasteiger partial charge in [0, 0.05) is 25.7 Å². The van der Waals surface area contributed by atoms with Crippen molar-refractivity contribution in [2.45, 2.75) is 75.6 Å². The third-order valence-corrected chi connectivity index (χ3v) is 8.34. The first kappa shape index (κ1) is 25.4. The van der Waals surface area contributed by atoms with Gasteiger partial charge in [0.1, 0.15) is 5.82 Å². The zero-order valence-corrected chi connectivity index (χ0v) is 20.1. The minimum atomic E-state index is -3.77. The number of amides is 2. The number of rotatable bonds is 8. The number of benzene rings is 1. The van der Waals surface area contributed by atoms with Crippen molar-refractivity contribution in [3.63, 3.8) is 0 Å². The van der Waals surface area contributed by atoms with E-state index in [1.807, 2.05) is 0 Å². The Labute approximate surface area is 195 Å². The average Bonchev–Trinajstić information content (AvgIpc) is 2.81. The highest BCUT2D eigenvalue weighted by Crippen LogP contribution is 2.27. The molecule has 9 heteroatoms. The summed E-state index contributed by atoms with van der Waals surface area (Å²) >= 11 is 0. The predicted octanol–water partition coefficient (Wildman–Crippen LogP) is 3.19. The third kappa shape index (κ3) is 6.86. The standard InChI is InChI=1S/C24H34FN3O4S/c1-18-17-21(10-11-22(18)25)33(31,32)28-16-6-5-9-20(28)13-15-27-24(30)23(29)26-14-12-19-7-3-2-4-8-19/h7,10-11,17,20H,2-6,8-9,12-16H2,1H3,(H,26,29)(H,27,30). The van der Waals surface area contributed by atoms with E-state index in [1.54, 1.807) is 0 Å². The predicted molar refractivity (Wildman–Crippen MR) is 124 cm³/mol. The van der Waals surface area contributed by atoms with Crippen molar-refractivity contribution in [2.75, 3.05) is 19.6 Å². The van der Waals surface area contributed by atoms with Crippen molar-refractivity contribution < 1.29 is 22.4 Å². The van der Waals surface area contributed by atoms with Crippen LogP contribution in [0.1, 0.15) is 63.4 Å². The molecule has 1 aliphatic carbocycles. The van der Waals surface area contributed by atoms with Gasteiger partial charge in [-0.15, -0.1) is 0 Å². The monoisotopic (exact) mass is 479 g/mol. The number of hydrogen-bond acceptors (Lipinski definition) is 4. The van der Waals surface area contributed by atoms with Crippen molar-refractivity contribution in [3.05, 3.63) is 41.2 Å². The van der Waals surface area contributed by atoms with E-state index in [0.717, 1.165) is 32.1 Å². The highest BCUT2D eigenvalue weighted by atomic mass is 32.2. The fraction of sp³-hybridized carbons (Fsp3) is 0.583. The lowest BCUT2D eigenvalue weighted by Gasteiger charge is -2.34. The number of nitrogens with zero attached hydrogens (tertiary/aromatic N) is 1. The molecule has 1 aliphatic heterocycles. The zero-order valence-electron chi connectivity index (χ0n) is 19.2. The average molecular weight is 480 g/mol. The summed E-state index contributed by atoms with van der Waals surface area (Å²) in [6, 6.07) is 3.53. The van der Waals surface area contributed by atoms with Gasteiger partial charge in [-0.1, -0.05) is 18.1 Å². The van der Waals surface area contributed by atoms with Gasteiger partial charge in [0.2, 0.25) is 10.0 Å². The van der Waals surface area contributed by atoms with Crippen LogP contribution in [0.4, 0.5) is 4.39 Å². The molecule has 1 aromatic rings. The highest BCUT2D eigenvalue weighted by molar-refractivity contribution is 7.89. The molecule has 2 N–H and O–H groups in total. The molecule has 1 saturated heterocycles. The van der Waals surface area contributed by atoms with Crippen LogP contribution in [0.2, 0.25) is 0 Å². The van der Waals surface area contributed by atoms with Gasteiger partial charge in [0.05, 0.1) is 4.90 Å². The largest absolute Gasteiger partial charge is 0.348 e. The number of carbonyl (C=O) groups excluding carboxylic acids is 2. The molecule has 1 heterocycles. The molecule has 0 aromatic heterocycles. The van der Waals surface area contributed by atoms with E-state index < -0.39 is 27.7 Å². The van der Waals surface area contributed by atoms with Gasteiger partial charge in [-0.2, -0.15) is 4.31 Å². The molecular weight excluding hydrogens is 445 g/mol. The van der Waals surface area contributed by atoms with Crippen LogP contribution in [0.5, 0.6) is 0 Å². The highest BCUT2D eigenvalue weighted by Gasteiger charge is 2.33. The number of piperidine rings is 1. The number of carbonyl (C=O) groups is 2. The van der Waals surface area contributed by atoms with E-state index in [9.17, 15) is 22.4 Å². The summed E-state index contributed by atoms with van der Waals surface area (Å²) in [6.45, 7) is 2.56. The molecule has 3 rings (SSSR count). The summed E-state index contributed by atoms with van der Waals surface area (Å²) in [7, 11) is -3.77. The lowest BCUT2D eigenvalue weighted by molar-refractivity contribution is -0.139. The summed E-state index contributed by atoms with van der Waals surface area (Å²) in [5.41, 5.74) is 1.61. The van der Waals surface area contributed by atoms with Gasteiger partial charge in [0.25, 0.3) is 0 Å². The lowest BCUT2D eigenvalue weighted by Crippen LogP contribution is -2.46. The van der Waals surface area contributed by atoms with E-state index in [-0.39, 0.29) is 23.0 Å². The molecule has 1 fully saturated rings. The summed E-state index contributed by atoms with van der Waals surface area (Å²) < 4.78 is 41.4. The molecule has 2 amide bonds. The van der Waals surface area contributed by atoms with Crippen LogP contribution in [0.15, 0.2) is 34.7 Å². The molecule has 1 atom stereocenters. The van der Waals surface area contributed by atoms with Gasteiger partial charge < -0.3 is 10.6 Å². The second kappa shape index (κ2) is 11.7. The fourth-order valence-electron chi connectivity index (χ4n) is 4.47. The van der Waals surface area contributed by atoms with Crippen LogP contribution in [0.3, 0.4) is 0 Å². The third-order valence-electron chi connectivity index (χ3n) is 6.40. The van der Waals surface area contributed by atoms with Crippen molar-refractivity contribution in [1.29, 1.82) is 0 Å². The summed E-state index contributed by atoms with van der Waals surface area (Å²) in [5.74, 6) is -1.81. The summed E-state index contributed by atoms with van der Waals surface area (Å²) in [6.07, 6.45) is 10.2. The second-order valence-electron chi connectivity index (χ2n) is 8.83. The Morgan fingerprint density at radius 2 is 1.85 bits per heavy atom. The Morgan fingerprint density at radius 3 is 2.55 bits per heavy atom. The van der Waals surface area contributed by atoms with Crippen molar-refractivity contribution >= 4 is 21.8 Å². The molecule has 2 aliphatic rings. The quantitative estimate of drug-likeness (QED) is 0.442. The number of halogens is 1. The molecule has 182 valence electrons. The Bertz CT molecular complexity index is 993. The van der Waals surface area contributed by atoms with E-state index in [2.05, 4.69) is 16.7 Å². The van der Waals surface area contributed by atoms with Crippen LogP contribution >= 0.6 is 0 Å². The van der Waals surface area contributed by atoms with Crippen LogP contribution < -0.4 is 10.6 Å². The maximum absolute atomic E-state index is 13.6. The first-order valence-corrected chi connectivity index (χ1v) is 13.2. The number of sulfonamides is 1. The van der Waals surface area contributed by atoms with Gasteiger partial charge in [-0.05, 0) is 82.1 Å². The molecule has 0 spiro atoms. The molecule has 1 aromatic carbocycles. The van der Waals surface area contributed by atoms with E-state index >= 15 is 0 Å². The van der Waals surface area contributed by atoms with Crippen molar-refractivity contribution in [1.82, 2.24) is 14.9 Å².